The molecule has 0 amide bonds. The van der Waals surface area contributed by atoms with Crippen molar-refractivity contribution in [3.63, 3.8) is 0 Å². The van der Waals surface area contributed by atoms with Crippen LogP contribution >= 0.6 is 27.3 Å². The molecular weight excluding hydrogens is 258 g/mol. The smallest absolute Gasteiger partial charge is 0.0285 e. The summed E-state index contributed by atoms with van der Waals surface area (Å²) in [6.07, 6.45) is 3.67. The quantitative estimate of drug-likeness (QED) is 0.832. The minimum Gasteiger partial charge on any atom is -0.314 e. The lowest BCUT2D eigenvalue weighted by Gasteiger charge is -2.14. The molecule has 0 aliphatic carbocycles. The zero-order chi connectivity index (χ0) is 10.4. The Morgan fingerprint density at radius 2 is 2.29 bits per heavy atom. The van der Waals surface area contributed by atoms with Crippen LogP contribution < -0.4 is 5.32 Å². The second-order valence-corrected chi connectivity index (χ2v) is 5.34. The lowest BCUT2D eigenvalue weighted by atomic mass is 10.1. The number of aryl methyl sites for hydroxylation is 1. The Labute approximate surface area is 99.0 Å². The summed E-state index contributed by atoms with van der Waals surface area (Å²) in [7, 11) is 0. The van der Waals surface area contributed by atoms with E-state index in [0.717, 1.165) is 6.54 Å². The maximum absolute atomic E-state index is 3.50. The molecule has 14 heavy (non-hydrogen) atoms. The molecule has 0 spiro atoms. The number of nitrogens with one attached hydrogen (secondary N) is 1. The Kier molecular flexibility index (Phi) is 5.75. The predicted molar refractivity (Wildman–Crippen MR) is 68.1 cm³/mol. The van der Waals surface area contributed by atoms with E-state index in [1.165, 1.54) is 28.6 Å². The van der Waals surface area contributed by atoms with Crippen molar-refractivity contribution in [2.45, 2.75) is 39.2 Å². The second-order valence-electron chi connectivity index (χ2n) is 3.43. The molecule has 1 heterocycles. The third-order valence-electron chi connectivity index (χ3n) is 2.35. The summed E-state index contributed by atoms with van der Waals surface area (Å²) in [5.41, 5.74) is 0. The molecule has 0 fully saturated rings. The Hall–Kier alpha value is 0.140. The summed E-state index contributed by atoms with van der Waals surface area (Å²) in [4.78, 5) is 1.48. The van der Waals surface area contributed by atoms with E-state index in [1.54, 1.807) is 0 Å². The first-order valence-corrected chi connectivity index (χ1v) is 6.89. The Balaban J connectivity index is 2.31. The van der Waals surface area contributed by atoms with Crippen molar-refractivity contribution in [3.8, 4) is 0 Å². The number of rotatable bonds is 6. The molecule has 0 aliphatic heterocycles. The number of hydrogen-bond donors (Lipinski definition) is 1. The van der Waals surface area contributed by atoms with E-state index >= 15 is 0 Å². The monoisotopic (exact) mass is 275 g/mol. The minimum absolute atomic E-state index is 0.681. The SMILES string of the molecule is CCNC(CC)CCc1cc(Br)cs1. The molecular formula is C11H18BrNS. The Morgan fingerprint density at radius 3 is 2.79 bits per heavy atom. The number of hydrogen-bond acceptors (Lipinski definition) is 2. The van der Waals surface area contributed by atoms with Crippen molar-refractivity contribution in [2.75, 3.05) is 6.54 Å². The summed E-state index contributed by atoms with van der Waals surface area (Å²) in [6, 6.07) is 2.91. The molecule has 3 heteroatoms. The summed E-state index contributed by atoms with van der Waals surface area (Å²) < 4.78 is 1.22. The van der Waals surface area contributed by atoms with Crippen LogP contribution in [0.5, 0.6) is 0 Å². The average molecular weight is 276 g/mol. The van der Waals surface area contributed by atoms with Gasteiger partial charge in [-0.15, -0.1) is 11.3 Å². The van der Waals surface area contributed by atoms with Gasteiger partial charge in [-0.25, -0.2) is 0 Å². The molecule has 1 nitrogen and oxygen atoms in total. The van der Waals surface area contributed by atoms with Gasteiger partial charge in [-0.1, -0.05) is 13.8 Å². The second kappa shape index (κ2) is 6.59. The molecule has 0 saturated heterocycles. The fraction of sp³-hybridized carbons (Fsp3) is 0.636. The van der Waals surface area contributed by atoms with Crippen molar-refractivity contribution >= 4 is 27.3 Å². The van der Waals surface area contributed by atoms with Gasteiger partial charge < -0.3 is 5.32 Å². The molecule has 80 valence electrons. The van der Waals surface area contributed by atoms with Crippen molar-refractivity contribution in [3.05, 3.63) is 20.8 Å². The predicted octanol–water partition coefficient (Wildman–Crippen LogP) is 3.83. The summed E-state index contributed by atoms with van der Waals surface area (Å²) in [5.74, 6) is 0. The van der Waals surface area contributed by atoms with Gasteiger partial charge in [0.1, 0.15) is 0 Å². The van der Waals surface area contributed by atoms with Gasteiger partial charge in [0.25, 0.3) is 0 Å². The van der Waals surface area contributed by atoms with Crippen LogP contribution in [0.15, 0.2) is 15.9 Å². The van der Waals surface area contributed by atoms with Crippen LogP contribution in [-0.4, -0.2) is 12.6 Å². The largest absolute Gasteiger partial charge is 0.314 e. The molecule has 1 unspecified atom stereocenters. The van der Waals surface area contributed by atoms with Crippen molar-refractivity contribution < 1.29 is 0 Å². The molecule has 0 aliphatic rings. The van der Waals surface area contributed by atoms with Crippen LogP contribution in [0.25, 0.3) is 0 Å². The fourth-order valence-electron chi connectivity index (χ4n) is 1.54. The third kappa shape index (κ3) is 4.11. The highest BCUT2D eigenvalue weighted by Gasteiger charge is 2.05. The average Bonchev–Trinajstić information content (AvgIpc) is 2.59. The van der Waals surface area contributed by atoms with Gasteiger partial charge in [0, 0.05) is 20.8 Å². The van der Waals surface area contributed by atoms with E-state index in [-0.39, 0.29) is 0 Å². The van der Waals surface area contributed by atoms with Crippen LogP contribution in [0.4, 0.5) is 0 Å². The Morgan fingerprint density at radius 1 is 1.50 bits per heavy atom. The highest BCUT2D eigenvalue weighted by atomic mass is 79.9. The molecule has 0 bridgehead atoms. The first kappa shape index (κ1) is 12.2. The molecule has 0 aromatic carbocycles. The Bertz CT molecular complexity index is 260. The van der Waals surface area contributed by atoms with Gasteiger partial charge in [-0.05, 0) is 47.8 Å². The molecule has 1 N–H and O–H groups in total. The summed E-state index contributed by atoms with van der Waals surface area (Å²) >= 11 is 5.33. The van der Waals surface area contributed by atoms with Crippen LogP contribution in [0.3, 0.4) is 0 Å². The van der Waals surface area contributed by atoms with Crippen LogP contribution in [-0.2, 0) is 6.42 Å². The highest BCUT2D eigenvalue weighted by Crippen LogP contribution is 2.21. The molecule has 1 rings (SSSR count). The first-order chi connectivity index (χ1) is 6.76. The van der Waals surface area contributed by atoms with Crippen molar-refractivity contribution in [2.24, 2.45) is 0 Å². The first-order valence-electron chi connectivity index (χ1n) is 5.22. The number of thiophene rings is 1. The van der Waals surface area contributed by atoms with Gasteiger partial charge in [0.2, 0.25) is 0 Å². The van der Waals surface area contributed by atoms with Crippen molar-refractivity contribution in [1.82, 2.24) is 5.32 Å². The van der Waals surface area contributed by atoms with Gasteiger partial charge in [0.05, 0.1) is 0 Å². The van der Waals surface area contributed by atoms with Crippen LogP contribution in [0, 0.1) is 0 Å². The maximum atomic E-state index is 3.50. The lowest BCUT2D eigenvalue weighted by Crippen LogP contribution is -2.28. The minimum atomic E-state index is 0.681. The van der Waals surface area contributed by atoms with Crippen molar-refractivity contribution in [1.29, 1.82) is 0 Å². The van der Waals surface area contributed by atoms with E-state index in [4.69, 9.17) is 0 Å². The normalized spacial score (nSPS) is 13.1. The standard InChI is InChI=1S/C11H18BrNS/c1-3-10(13-4-2)5-6-11-7-9(12)8-14-11/h7-8,10,13H,3-6H2,1-2H3. The van der Waals surface area contributed by atoms with Crippen LogP contribution in [0.1, 0.15) is 31.6 Å². The van der Waals surface area contributed by atoms with Gasteiger partial charge in [-0.2, -0.15) is 0 Å². The van der Waals surface area contributed by atoms with E-state index in [2.05, 4.69) is 46.5 Å². The van der Waals surface area contributed by atoms with Gasteiger partial charge in [-0.3, -0.25) is 0 Å². The third-order valence-corrected chi connectivity index (χ3v) is 4.10. The molecule has 1 aromatic rings. The van der Waals surface area contributed by atoms with E-state index in [9.17, 15) is 0 Å². The zero-order valence-electron chi connectivity index (χ0n) is 8.85. The summed E-state index contributed by atoms with van der Waals surface area (Å²) in [5, 5.41) is 5.66. The van der Waals surface area contributed by atoms with Crippen LogP contribution in [0.2, 0.25) is 0 Å². The maximum Gasteiger partial charge on any atom is 0.0285 e. The molecule has 1 atom stereocenters. The number of halogens is 1. The summed E-state index contributed by atoms with van der Waals surface area (Å²) in [6.45, 7) is 5.49. The van der Waals surface area contributed by atoms with E-state index in [1.807, 2.05) is 11.3 Å². The topological polar surface area (TPSA) is 12.0 Å². The molecule has 0 radical (unpaired) electrons. The van der Waals surface area contributed by atoms with Gasteiger partial charge in [0.15, 0.2) is 0 Å². The van der Waals surface area contributed by atoms with E-state index < -0.39 is 0 Å². The van der Waals surface area contributed by atoms with E-state index in [0.29, 0.717) is 6.04 Å². The highest BCUT2D eigenvalue weighted by molar-refractivity contribution is 9.10. The molecule has 1 aromatic heterocycles. The molecule has 0 saturated carbocycles. The zero-order valence-corrected chi connectivity index (χ0v) is 11.2. The fourth-order valence-corrected chi connectivity index (χ4v) is 3.01. The van der Waals surface area contributed by atoms with Gasteiger partial charge >= 0.3 is 0 Å². The lowest BCUT2D eigenvalue weighted by molar-refractivity contribution is 0.482.